The fraction of sp³-hybridized carbons (Fsp3) is 0.600. The SMILES string of the molecule is NC(CC(=O)[O-])(CC(=O)[O-])C(N)(CC(=O)[O-])CC(=O)[O-].O.O.[Fe+3]. The molecular weight excluding hydrogens is 364 g/mol. The zero-order chi connectivity index (χ0) is 16.1. The average Bonchev–Trinajstić information content (AvgIpc) is 2.10. The summed E-state index contributed by atoms with van der Waals surface area (Å²) < 4.78 is 0. The van der Waals surface area contributed by atoms with Crippen molar-refractivity contribution in [3.05, 3.63) is 0 Å². The van der Waals surface area contributed by atoms with E-state index in [0.717, 1.165) is 0 Å². The molecular formula is C10H16FeN2O10-. The molecule has 0 spiro atoms. The van der Waals surface area contributed by atoms with Crippen molar-refractivity contribution in [1.29, 1.82) is 0 Å². The predicted molar refractivity (Wildman–Crippen MR) is 59.6 cm³/mol. The summed E-state index contributed by atoms with van der Waals surface area (Å²) in [5.74, 6) is -7.33. The first-order valence-corrected chi connectivity index (χ1v) is 5.29. The van der Waals surface area contributed by atoms with E-state index in [2.05, 4.69) is 0 Å². The van der Waals surface area contributed by atoms with Gasteiger partial charge in [0.05, 0.1) is 0 Å². The monoisotopic (exact) mass is 380 g/mol. The van der Waals surface area contributed by atoms with Crippen LogP contribution in [0.1, 0.15) is 25.7 Å². The minimum Gasteiger partial charge on any atom is -0.550 e. The summed E-state index contributed by atoms with van der Waals surface area (Å²) in [6, 6.07) is 0. The van der Waals surface area contributed by atoms with Crippen LogP contribution in [0.15, 0.2) is 0 Å². The molecule has 23 heavy (non-hydrogen) atoms. The van der Waals surface area contributed by atoms with Gasteiger partial charge in [-0.25, -0.2) is 0 Å². The van der Waals surface area contributed by atoms with Gasteiger partial charge < -0.3 is 62.0 Å². The van der Waals surface area contributed by atoms with Gasteiger partial charge in [0, 0.05) is 60.6 Å². The van der Waals surface area contributed by atoms with Crippen molar-refractivity contribution in [1.82, 2.24) is 0 Å². The molecule has 0 saturated heterocycles. The molecule has 0 aliphatic rings. The largest absolute Gasteiger partial charge is 3.00 e. The predicted octanol–water partition coefficient (Wildman–Crippen LogP) is -8.71. The van der Waals surface area contributed by atoms with Gasteiger partial charge in [-0.3, -0.25) is 0 Å². The summed E-state index contributed by atoms with van der Waals surface area (Å²) >= 11 is 0. The third kappa shape index (κ3) is 9.07. The molecule has 0 rings (SSSR count). The molecule has 0 fully saturated rings. The first kappa shape index (κ1) is 29.3. The summed E-state index contributed by atoms with van der Waals surface area (Å²) in [6.07, 6.45) is -4.73. The third-order valence-electron chi connectivity index (χ3n) is 2.83. The van der Waals surface area contributed by atoms with Crippen LogP contribution < -0.4 is 31.9 Å². The topological polar surface area (TPSA) is 276 Å². The quantitative estimate of drug-likeness (QED) is 0.356. The Kier molecular flexibility index (Phi) is 13.8. The molecule has 0 aromatic heterocycles. The van der Waals surface area contributed by atoms with Crippen LogP contribution >= 0.6 is 0 Å². The Bertz CT molecular complexity index is 369. The van der Waals surface area contributed by atoms with Crippen molar-refractivity contribution in [2.24, 2.45) is 11.5 Å². The summed E-state index contributed by atoms with van der Waals surface area (Å²) in [5, 5.41) is 42.5. The summed E-state index contributed by atoms with van der Waals surface area (Å²) in [7, 11) is 0. The molecule has 0 aromatic carbocycles. The van der Waals surface area contributed by atoms with Gasteiger partial charge in [-0.15, -0.1) is 0 Å². The minimum absolute atomic E-state index is 0. The Balaban J connectivity index is -0.000000602. The molecule has 12 nitrogen and oxygen atoms in total. The van der Waals surface area contributed by atoms with Gasteiger partial charge in [-0.05, 0) is 0 Å². The molecule has 135 valence electrons. The first-order valence-electron chi connectivity index (χ1n) is 5.29. The molecule has 0 amide bonds. The Labute approximate surface area is 140 Å². The second kappa shape index (κ2) is 10.9. The number of aliphatic carboxylic acids is 4. The molecule has 0 aromatic rings. The summed E-state index contributed by atoms with van der Waals surface area (Å²) in [6.45, 7) is 0. The molecule has 0 aliphatic carbocycles. The molecule has 13 heteroatoms. The number of carboxylic acids is 4. The maximum atomic E-state index is 10.6. The van der Waals surface area contributed by atoms with Gasteiger partial charge in [-0.1, -0.05) is 0 Å². The first-order chi connectivity index (χ1) is 8.92. The Morgan fingerprint density at radius 3 is 0.826 bits per heavy atom. The van der Waals surface area contributed by atoms with E-state index in [1.54, 1.807) is 0 Å². The van der Waals surface area contributed by atoms with Crippen LogP contribution in [0.2, 0.25) is 0 Å². The van der Waals surface area contributed by atoms with E-state index in [0.29, 0.717) is 0 Å². The molecule has 1 radical (unpaired) electrons. The minimum atomic E-state index is -2.43. The number of carboxylic acid groups (broad SMARTS) is 4. The Morgan fingerprint density at radius 1 is 0.609 bits per heavy atom. The molecule has 0 bridgehead atoms. The average molecular weight is 380 g/mol. The van der Waals surface area contributed by atoms with E-state index < -0.39 is 60.6 Å². The van der Waals surface area contributed by atoms with Crippen molar-refractivity contribution in [2.75, 3.05) is 0 Å². The number of hydrogen-bond acceptors (Lipinski definition) is 10. The van der Waals surface area contributed by atoms with Crippen molar-refractivity contribution in [2.45, 2.75) is 36.8 Å². The van der Waals surface area contributed by atoms with Crippen molar-refractivity contribution >= 4 is 23.9 Å². The zero-order valence-corrected chi connectivity index (χ0v) is 12.7. The molecule has 0 unspecified atom stereocenters. The maximum absolute atomic E-state index is 10.6. The van der Waals surface area contributed by atoms with Crippen molar-refractivity contribution in [3.63, 3.8) is 0 Å². The number of nitrogens with two attached hydrogens (primary N) is 2. The van der Waals surface area contributed by atoms with Crippen LogP contribution in [-0.2, 0) is 36.2 Å². The van der Waals surface area contributed by atoms with Gasteiger partial charge in [0.15, 0.2) is 0 Å². The van der Waals surface area contributed by atoms with E-state index in [4.69, 9.17) is 11.5 Å². The van der Waals surface area contributed by atoms with Gasteiger partial charge in [0.2, 0.25) is 0 Å². The molecule has 0 atom stereocenters. The van der Waals surface area contributed by atoms with E-state index in [9.17, 15) is 39.6 Å². The van der Waals surface area contributed by atoms with Crippen LogP contribution in [0, 0.1) is 0 Å². The molecule has 0 saturated carbocycles. The zero-order valence-electron chi connectivity index (χ0n) is 11.6. The van der Waals surface area contributed by atoms with Gasteiger partial charge >= 0.3 is 17.1 Å². The molecule has 0 aliphatic heterocycles. The van der Waals surface area contributed by atoms with Crippen molar-refractivity contribution < 1.29 is 67.6 Å². The molecule has 8 N–H and O–H groups in total. The van der Waals surface area contributed by atoms with E-state index in [-0.39, 0.29) is 28.0 Å². The summed E-state index contributed by atoms with van der Waals surface area (Å²) in [4.78, 5) is 42.5. The van der Waals surface area contributed by atoms with Crippen LogP contribution in [0.4, 0.5) is 0 Å². The van der Waals surface area contributed by atoms with Gasteiger partial charge in [0.25, 0.3) is 0 Å². The van der Waals surface area contributed by atoms with Crippen LogP contribution in [-0.4, -0.2) is 45.9 Å². The standard InChI is InChI=1S/C10H16N2O8.Fe.2H2O/c11-9(1-5(13)14,2-6(15)16)10(12,3-7(17)18)4-8(19)20;;;/h1-4,11-12H2,(H,13,14)(H,15,16)(H,17,18)(H,19,20);;2*1H2/q;+3;;/p-4. The fourth-order valence-corrected chi connectivity index (χ4v) is 1.86. The second-order valence-electron chi connectivity index (χ2n) is 4.51. The van der Waals surface area contributed by atoms with Crippen LogP contribution in [0.3, 0.4) is 0 Å². The smallest absolute Gasteiger partial charge is 0.550 e. The van der Waals surface area contributed by atoms with E-state index in [1.807, 2.05) is 0 Å². The van der Waals surface area contributed by atoms with Crippen molar-refractivity contribution in [3.8, 4) is 0 Å². The number of carbonyl (C=O) groups is 4. The van der Waals surface area contributed by atoms with E-state index >= 15 is 0 Å². The maximum Gasteiger partial charge on any atom is 3.00 e. The van der Waals surface area contributed by atoms with Gasteiger partial charge in [0.1, 0.15) is 0 Å². The van der Waals surface area contributed by atoms with Crippen LogP contribution in [0.25, 0.3) is 0 Å². The Hall–Kier alpha value is -1.76. The van der Waals surface area contributed by atoms with Gasteiger partial charge in [-0.2, -0.15) is 0 Å². The summed E-state index contributed by atoms with van der Waals surface area (Å²) in [5.41, 5.74) is 6.20. The molecule has 0 heterocycles. The second-order valence-corrected chi connectivity index (χ2v) is 4.51. The fourth-order valence-electron chi connectivity index (χ4n) is 1.86. The van der Waals surface area contributed by atoms with Crippen LogP contribution in [0.5, 0.6) is 0 Å². The number of hydrogen-bond donors (Lipinski definition) is 2. The van der Waals surface area contributed by atoms with E-state index in [1.165, 1.54) is 0 Å². The Morgan fingerprint density at radius 2 is 0.739 bits per heavy atom. The third-order valence-corrected chi connectivity index (χ3v) is 2.83. The number of rotatable bonds is 9. The number of carbonyl (C=O) groups excluding carboxylic acids is 4. The normalized spacial score (nSPS) is 10.3.